The van der Waals surface area contributed by atoms with Gasteiger partial charge in [0.05, 0.1) is 22.7 Å². The van der Waals surface area contributed by atoms with Crippen LogP contribution in [0.2, 0.25) is 5.02 Å². The number of halogens is 2. The summed E-state index contributed by atoms with van der Waals surface area (Å²) in [5, 5.41) is 26.8. The van der Waals surface area contributed by atoms with Crippen molar-refractivity contribution in [2.75, 3.05) is 13.7 Å². The average Bonchev–Trinajstić information content (AvgIpc) is 2.61. The molecule has 0 aromatic heterocycles. The SMILES string of the molecule is COc1cc(/C=N\NC(=O)COc2ccc(Cl)cc2Br)cc([N+](=O)[O-])c1[O-]. The van der Waals surface area contributed by atoms with Gasteiger partial charge in [0, 0.05) is 22.4 Å². The highest BCUT2D eigenvalue weighted by Crippen LogP contribution is 2.34. The molecule has 0 aliphatic heterocycles. The average molecular weight is 458 g/mol. The zero-order valence-corrected chi connectivity index (χ0v) is 16.1. The van der Waals surface area contributed by atoms with Crippen molar-refractivity contribution in [3.63, 3.8) is 0 Å². The molecule has 1 N–H and O–H groups in total. The molecule has 0 aliphatic rings. The van der Waals surface area contributed by atoms with Gasteiger partial charge in [0.2, 0.25) is 0 Å². The maximum atomic E-state index is 11.8. The van der Waals surface area contributed by atoms with E-state index in [0.29, 0.717) is 15.2 Å². The van der Waals surface area contributed by atoms with Crippen LogP contribution in [0.3, 0.4) is 0 Å². The normalized spacial score (nSPS) is 10.6. The Morgan fingerprint density at radius 1 is 1.37 bits per heavy atom. The number of nitro benzene ring substituents is 1. The molecule has 9 nitrogen and oxygen atoms in total. The number of hydrogen-bond donors (Lipinski definition) is 1. The number of nitrogens with one attached hydrogen (secondary N) is 1. The fourth-order valence-corrected chi connectivity index (χ4v) is 2.71. The van der Waals surface area contributed by atoms with Crippen molar-refractivity contribution in [3.8, 4) is 17.2 Å². The molecule has 0 aliphatic carbocycles. The molecule has 11 heteroatoms. The van der Waals surface area contributed by atoms with Crippen LogP contribution in [0.4, 0.5) is 5.69 Å². The molecule has 2 aromatic rings. The zero-order valence-electron chi connectivity index (χ0n) is 13.8. The van der Waals surface area contributed by atoms with Gasteiger partial charge in [-0.15, -0.1) is 0 Å². The van der Waals surface area contributed by atoms with Crippen molar-refractivity contribution in [2.45, 2.75) is 0 Å². The van der Waals surface area contributed by atoms with E-state index < -0.39 is 22.3 Å². The van der Waals surface area contributed by atoms with Gasteiger partial charge in [-0.1, -0.05) is 11.6 Å². The van der Waals surface area contributed by atoms with Crippen molar-refractivity contribution in [1.29, 1.82) is 0 Å². The van der Waals surface area contributed by atoms with E-state index in [-0.39, 0.29) is 17.9 Å². The summed E-state index contributed by atoms with van der Waals surface area (Å²) >= 11 is 9.07. The van der Waals surface area contributed by atoms with E-state index in [9.17, 15) is 20.0 Å². The molecular weight excluding hydrogens is 446 g/mol. The van der Waals surface area contributed by atoms with Gasteiger partial charge in [-0.25, -0.2) is 5.43 Å². The quantitative estimate of drug-likeness (QED) is 0.387. The molecule has 0 saturated carbocycles. The lowest BCUT2D eigenvalue weighted by atomic mass is 10.2. The molecule has 0 spiro atoms. The minimum absolute atomic E-state index is 0.201. The van der Waals surface area contributed by atoms with Crippen LogP contribution in [-0.4, -0.2) is 30.8 Å². The van der Waals surface area contributed by atoms with Gasteiger partial charge in [0.25, 0.3) is 11.6 Å². The number of methoxy groups -OCH3 is 1. The summed E-state index contributed by atoms with van der Waals surface area (Å²) in [6.45, 7) is -0.319. The Balaban J connectivity index is 1.99. The van der Waals surface area contributed by atoms with Crippen molar-refractivity contribution < 1.29 is 24.3 Å². The molecular formula is C16H12BrClN3O6-. The Labute approximate surface area is 166 Å². The molecule has 0 fully saturated rings. The van der Waals surface area contributed by atoms with Gasteiger partial charge in [0.15, 0.2) is 6.61 Å². The molecule has 2 aromatic carbocycles. The predicted octanol–water partition coefficient (Wildman–Crippen LogP) is 2.62. The Kier molecular flexibility index (Phi) is 6.97. The Hall–Kier alpha value is -2.85. The summed E-state index contributed by atoms with van der Waals surface area (Å²) in [7, 11) is 1.22. The smallest absolute Gasteiger partial charge is 0.277 e. The third-order valence-electron chi connectivity index (χ3n) is 3.13. The second-order valence-electron chi connectivity index (χ2n) is 4.99. The fourth-order valence-electron chi connectivity index (χ4n) is 1.92. The Morgan fingerprint density at radius 2 is 2.11 bits per heavy atom. The van der Waals surface area contributed by atoms with Gasteiger partial charge in [-0.3, -0.25) is 14.9 Å². The molecule has 0 radical (unpaired) electrons. The van der Waals surface area contributed by atoms with E-state index in [4.69, 9.17) is 21.1 Å². The van der Waals surface area contributed by atoms with E-state index in [1.165, 1.54) is 13.2 Å². The standard InChI is InChI=1S/C16H13BrClN3O6/c1-26-14-5-9(4-12(16(14)23)21(24)25)7-19-20-15(22)8-27-13-3-2-10(18)6-11(13)17/h2-7,23H,8H2,1H3,(H,20,22)/p-1/b19-7-. The lowest BCUT2D eigenvalue weighted by molar-refractivity contribution is -0.398. The topological polar surface area (TPSA) is 126 Å². The number of rotatable bonds is 7. The van der Waals surface area contributed by atoms with Crippen LogP contribution < -0.4 is 20.0 Å². The minimum atomic E-state index is -0.842. The third kappa shape index (κ3) is 5.56. The molecule has 2 rings (SSSR count). The van der Waals surface area contributed by atoms with Crippen molar-refractivity contribution in [2.24, 2.45) is 5.10 Å². The summed E-state index contributed by atoms with van der Waals surface area (Å²) < 4.78 is 10.7. The molecule has 0 saturated heterocycles. The molecule has 27 heavy (non-hydrogen) atoms. The molecule has 0 bridgehead atoms. The van der Waals surface area contributed by atoms with Crippen LogP contribution in [0.1, 0.15) is 5.56 Å². The number of nitrogens with zero attached hydrogens (tertiary/aromatic N) is 2. The first-order chi connectivity index (χ1) is 12.8. The molecule has 0 atom stereocenters. The number of nitro groups is 1. The van der Waals surface area contributed by atoms with Crippen LogP contribution in [-0.2, 0) is 4.79 Å². The number of carbonyl (C=O) groups excluding carboxylic acids is 1. The number of carbonyl (C=O) groups is 1. The van der Waals surface area contributed by atoms with Gasteiger partial charge in [-0.2, -0.15) is 5.10 Å². The van der Waals surface area contributed by atoms with Gasteiger partial charge in [-0.05, 0) is 40.2 Å². The van der Waals surface area contributed by atoms with Crippen LogP contribution in [0, 0.1) is 10.1 Å². The van der Waals surface area contributed by atoms with Gasteiger partial charge in [0.1, 0.15) is 11.5 Å². The fraction of sp³-hybridized carbons (Fsp3) is 0.125. The highest BCUT2D eigenvalue weighted by Gasteiger charge is 2.13. The second kappa shape index (κ2) is 9.19. The van der Waals surface area contributed by atoms with E-state index >= 15 is 0 Å². The van der Waals surface area contributed by atoms with Crippen LogP contribution >= 0.6 is 27.5 Å². The lowest BCUT2D eigenvalue weighted by Gasteiger charge is -2.12. The number of amides is 1. The van der Waals surface area contributed by atoms with Gasteiger partial charge >= 0.3 is 0 Å². The van der Waals surface area contributed by atoms with Crippen molar-refractivity contribution >= 4 is 45.3 Å². The highest BCUT2D eigenvalue weighted by molar-refractivity contribution is 9.10. The number of hydrazone groups is 1. The number of benzene rings is 2. The summed E-state index contributed by atoms with van der Waals surface area (Å²) in [6, 6.07) is 7.12. The number of hydrogen-bond acceptors (Lipinski definition) is 7. The first kappa shape index (κ1) is 20.5. The zero-order chi connectivity index (χ0) is 20.0. The molecule has 1 amide bonds. The minimum Gasteiger partial charge on any atom is -0.865 e. The first-order valence-electron chi connectivity index (χ1n) is 7.25. The lowest BCUT2D eigenvalue weighted by Crippen LogP contribution is -2.24. The molecule has 142 valence electrons. The van der Waals surface area contributed by atoms with E-state index in [1.807, 2.05) is 0 Å². The monoisotopic (exact) mass is 456 g/mol. The number of ether oxygens (including phenoxy) is 2. The second-order valence-corrected chi connectivity index (χ2v) is 6.28. The highest BCUT2D eigenvalue weighted by atomic mass is 79.9. The van der Waals surface area contributed by atoms with Crippen LogP contribution in [0.5, 0.6) is 17.2 Å². The largest absolute Gasteiger partial charge is 0.865 e. The van der Waals surface area contributed by atoms with Gasteiger partial charge < -0.3 is 14.6 Å². The van der Waals surface area contributed by atoms with Crippen LogP contribution in [0.15, 0.2) is 39.9 Å². The molecule has 0 unspecified atom stereocenters. The summed E-state index contributed by atoms with van der Waals surface area (Å²) in [5.74, 6) is -1.18. The maximum Gasteiger partial charge on any atom is 0.277 e. The maximum absolute atomic E-state index is 11.8. The summed E-state index contributed by atoms with van der Waals surface area (Å²) in [6.07, 6.45) is 1.14. The van der Waals surface area contributed by atoms with E-state index in [0.717, 1.165) is 12.3 Å². The molecule has 0 heterocycles. The Bertz CT molecular complexity index is 906. The van der Waals surface area contributed by atoms with Crippen molar-refractivity contribution in [3.05, 3.63) is 55.5 Å². The van der Waals surface area contributed by atoms with Crippen molar-refractivity contribution in [1.82, 2.24) is 5.43 Å². The third-order valence-corrected chi connectivity index (χ3v) is 3.98. The van der Waals surface area contributed by atoms with E-state index in [2.05, 4.69) is 26.5 Å². The Morgan fingerprint density at radius 3 is 2.74 bits per heavy atom. The first-order valence-corrected chi connectivity index (χ1v) is 8.42. The summed E-state index contributed by atoms with van der Waals surface area (Å²) in [5.41, 5.74) is 1.76. The predicted molar refractivity (Wildman–Crippen MR) is 99.5 cm³/mol. The summed E-state index contributed by atoms with van der Waals surface area (Å²) in [4.78, 5) is 21.8. The van der Waals surface area contributed by atoms with Crippen LogP contribution in [0.25, 0.3) is 0 Å². The van der Waals surface area contributed by atoms with E-state index in [1.54, 1.807) is 18.2 Å².